The van der Waals surface area contributed by atoms with E-state index in [0.29, 0.717) is 24.3 Å². The lowest BCUT2D eigenvalue weighted by Crippen LogP contribution is -2.23. The fourth-order valence-corrected chi connectivity index (χ4v) is 1.37. The van der Waals surface area contributed by atoms with E-state index in [-0.39, 0.29) is 12.1 Å². The topological polar surface area (TPSA) is 62.7 Å². The molecule has 0 saturated heterocycles. The summed E-state index contributed by atoms with van der Waals surface area (Å²) in [7, 11) is 3.21. The van der Waals surface area contributed by atoms with Crippen LogP contribution in [0.15, 0.2) is 18.3 Å². The van der Waals surface area contributed by atoms with Crippen molar-refractivity contribution in [2.24, 2.45) is 0 Å². The Bertz CT molecular complexity index is 380. The summed E-state index contributed by atoms with van der Waals surface area (Å²) in [5.41, 5.74) is 0.474. The third-order valence-corrected chi connectivity index (χ3v) is 2.44. The van der Waals surface area contributed by atoms with Crippen molar-refractivity contribution in [3.05, 3.63) is 23.9 Å². The highest BCUT2D eigenvalue weighted by atomic mass is 16.5. The summed E-state index contributed by atoms with van der Waals surface area (Å²) in [6.45, 7) is 2.42. The zero-order chi connectivity index (χ0) is 12.8. The number of nitrogens with zero attached hydrogens (tertiary/aromatic N) is 2. The number of carbonyl (C=O) groups excluding carboxylic acids is 1. The van der Waals surface area contributed by atoms with E-state index >= 15 is 0 Å². The quantitative estimate of drug-likeness (QED) is 0.778. The second kappa shape index (κ2) is 6.20. The van der Waals surface area contributed by atoms with E-state index in [4.69, 9.17) is 0 Å². The van der Waals surface area contributed by atoms with Crippen LogP contribution in [-0.4, -0.2) is 42.9 Å². The summed E-state index contributed by atoms with van der Waals surface area (Å²) in [5.74, 6) is 0.311. The van der Waals surface area contributed by atoms with Gasteiger partial charge in [0.05, 0.1) is 18.8 Å². The second-order valence-corrected chi connectivity index (χ2v) is 3.95. The van der Waals surface area contributed by atoms with Crippen LogP contribution >= 0.6 is 0 Å². The minimum Gasteiger partial charge on any atom is -0.465 e. The second-order valence-electron chi connectivity index (χ2n) is 3.95. The van der Waals surface area contributed by atoms with Crippen LogP contribution in [0.4, 0.5) is 5.82 Å². The number of hydrogen-bond donors (Lipinski definition) is 1. The van der Waals surface area contributed by atoms with Crippen LogP contribution in [0.1, 0.15) is 23.7 Å². The Kier molecular flexibility index (Phi) is 4.90. The first-order valence-electron chi connectivity index (χ1n) is 5.48. The smallest absolute Gasteiger partial charge is 0.338 e. The Labute approximate surface area is 101 Å². The van der Waals surface area contributed by atoms with Crippen LogP contribution in [-0.2, 0) is 4.74 Å². The molecule has 1 aromatic rings. The van der Waals surface area contributed by atoms with E-state index < -0.39 is 0 Å². The molecule has 94 valence electrons. The molecular weight excluding hydrogens is 220 g/mol. The maximum absolute atomic E-state index is 11.3. The van der Waals surface area contributed by atoms with E-state index in [0.717, 1.165) is 0 Å². The number of aliphatic hydroxyl groups excluding tert-OH is 1. The molecule has 0 spiro atoms. The zero-order valence-electron chi connectivity index (χ0n) is 10.4. The maximum Gasteiger partial charge on any atom is 0.338 e. The number of pyridine rings is 1. The van der Waals surface area contributed by atoms with Crippen molar-refractivity contribution in [3.63, 3.8) is 0 Å². The van der Waals surface area contributed by atoms with Gasteiger partial charge in [0, 0.05) is 19.8 Å². The van der Waals surface area contributed by atoms with Gasteiger partial charge in [0.1, 0.15) is 5.82 Å². The average molecular weight is 238 g/mol. The van der Waals surface area contributed by atoms with Crippen molar-refractivity contribution < 1.29 is 14.6 Å². The van der Waals surface area contributed by atoms with Crippen LogP contribution in [0, 0.1) is 0 Å². The summed E-state index contributed by atoms with van der Waals surface area (Å²) in [4.78, 5) is 17.4. The van der Waals surface area contributed by atoms with Gasteiger partial charge in [-0.05, 0) is 25.5 Å². The third kappa shape index (κ3) is 4.03. The summed E-state index contributed by atoms with van der Waals surface area (Å²) >= 11 is 0. The molecule has 0 amide bonds. The van der Waals surface area contributed by atoms with Crippen molar-refractivity contribution in [1.29, 1.82) is 0 Å². The Morgan fingerprint density at radius 3 is 2.94 bits per heavy atom. The van der Waals surface area contributed by atoms with Crippen molar-refractivity contribution in [3.8, 4) is 0 Å². The molecule has 0 aliphatic carbocycles. The lowest BCUT2D eigenvalue weighted by atomic mass is 10.2. The van der Waals surface area contributed by atoms with Crippen LogP contribution in [0.3, 0.4) is 0 Å². The molecule has 0 fully saturated rings. The molecule has 1 heterocycles. The summed E-state index contributed by atoms with van der Waals surface area (Å²) < 4.78 is 4.64. The third-order valence-electron chi connectivity index (χ3n) is 2.44. The monoisotopic (exact) mass is 238 g/mol. The maximum atomic E-state index is 11.3. The number of carbonyl (C=O) groups is 1. The highest BCUT2D eigenvalue weighted by Crippen LogP contribution is 2.12. The Morgan fingerprint density at radius 2 is 2.35 bits per heavy atom. The molecule has 1 rings (SSSR count). The van der Waals surface area contributed by atoms with Crippen LogP contribution in [0.2, 0.25) is 0 Å². The van der Waals surface area contributed by atoms with E-state index in [1.807, 2.05) is 11.9 Å². The number of hydrogen-bond acceptors (Lipinski definition) is 5. The molecule has 17 heavy (non-hydrogen) atoms. The number of aromatic nitrogens is 1. The van der Waals surface area contributed by atoms with Gasteiger partial charge >= 0.3 is 5.97 Å². The predicted molar refractivity (Wildman–Crippen MR) is 65.1 cm³/mol. The molecule has 5 heteroatoms. The standard InChI is InChI=1S/C12H18N2O3/c1-9(15)5-7-14(2)11-8-10(4-6-13-11)12(16)17-3/h4,6,8-9,15H,5,7H2,1-3H3. The van der Waals surface area contributed by atoms with E-state index in [9.17, 15) is 9.90 Å². The molecule has 5 nitrogen and oxygen atoms in total. The molecule has 0 aromatic carbocycles. The Hall–Kier alpha value is -1.62. The molecule has 1 aromatic heterocycles. The molecule has 0 aliphatic rings. The van der Waals surface area contributed by atoms with Gasteiger partial charge < -0.3 is 14.7 Å². The summed E-state index contributed by atoms with van der Waals surface area (Å²) in [6.07, 6.45) is 1.88. The van der Waals surface area contributed by atoms with Gasteiger partial charge in [-0.15, -0.1) is 0 Å². The van der Waals surface area contributed by atoms with Crippen molar-refractivity contribution >= 4 is 11.8 Å². The number of ether oxygens (including phenoxy) is 1. The minimum absolute atomic E-state index is 0.346. The molecule has 0 bridgehead atoms. The highest BCUT2D eigenvalue weighted by Gasteiger charge is 2.09. The first kappa shape index (κ1) is 13.4. The lowest BCUT2D eigenvalue weighted by molar-refractivity contribution is 0.0600. The molecule has 1 unspecified atom stereocenters. The van der Waals surface area contributed by atoms with Crippen LogP contribution < -0.4 is 4.90 Å². The lowest BCUT2D eigenvalue weighted by Gasteiger charge is -2.19. The average Bonchev–Trinajstić information content (AvgIpc) is 2.35. The number of aliphatic hydroxyl groups is 1. The first-order chi connectivity index (χ1) is 8.04. The van der Waals surface area contributed by atoms with Crippen LogP contribution in [0.5, 0.6) is 0 Å². The first-order valence-corrected chi connectivity index (χ1v) is 5.48. The molecule has 0 saturated carbocycles. The van der Waals surface area contributed by atoms with Gasteiger partial charge in [0.15, 0.2) is 0 Å². The number of rotatable bonds is 5. The normalized spacial score (nSPS) is 12.0. The Morgan fingerprint density at radius 1 is 1.65 bits per heavy atom. The Balaban J connectivity index is 2.73. The molecule has 1 atom stereocenters. The largest absolute Gasteiger partial charge is 0.465 e. The van der Waals surface area contributed by atoms with Gasteiger partial charge in [-0.2, -0.15) is 0 Å². The van der Waals surface area contributed by atoms with Gasteiger partial charge in [-0.1, -0.05) is 0 Å². The van der Waals surface area contributed by atoms with E-state index in [1.54, 1.807) is 25.3 Å². The minimum atomic E-state index is -0.377. The fourth-order valence-electron chi connectivity index (χ4n) is 1.37. The van der Waals surface area contributed by atoms with Gasteiger partial charge in [0.2, 0.25) is 0 Å². The van der Waals surface area contributed by atoms with Gasteiger partial charge in [-0.3, -0.25) is 0 Å². The predicted octanol–water partition coefficient (Wildman–Crippen LogP) is 1.08. The summed E-state index contributed by atoms with van der Waals surface area (Å²) in [5, 5.41) is 9.21. The van der Waals surface area contributed by atoms with E-state index in [1.165, 1.54) is 7.11 Å². The van der Waals surface area contributed by atoms with Gasteiger partial charge in [-0.25, -0.2) is 9.78 Å². The number of methoxy groups -OCH3 is 1. The zero-order valence-corrected chi connectivity index (χ0v) is 10.4. The number of anilines is 1. The molecular formula is C12H18N2O3. The molecule has 1 N–H and O–H groups in total. The highest BCUT2D eigenvalue weighted by molar-refractivity contribution is 5.90. The van der Waals surface area contributed by atoms with Gasteiger partial charge in [0.25, 0.3) is 0 Å². The van der Waals surface area contributed by atoms with Crippen molar-refractivity contribution in [2.45, 2.75) is 19.4 Å². The van der Waals surface area contributed by atoms with Crippen LogP contribution in [0.25, 0.3) is 0 Å². The van der Waals surface area contributed by atoms with E-state index in [2.05, 4.69) is 9.72 Å². The molecule has 0 aliphatic heterocycles. The summed E-state index contributed by atoms with van der Waals surface area (Å²) in [6, 6.07) is 3.28. The molecule has 0 radical (unpaired) electrons. The number of esters is 1. The van der Waals surface area contributed by atoms with Crippen molar-refractivity contribution in [1.82, 2.24) is 4.98 Å². The fraction of sp³-hybridized carbons (Fsp3) is 0.500. The van der Waals surface area contributed by atoms with Crippen molar-refractivity contribution in [2.75, 3.05) is 25.6 Å². The SMILES string of the molecule is COC(=O)c1ccnc(N(C)CCC(C)O)c1.